The third-order valence-electron chi connectivity index (χ3n) is 3.52. The molecule has 0 unspecified atom stereocenters. The molecule has 3 N–H and O–H groups in total. The Morgan fingerprint density at radius 3 is 2.50 bits per heavy atom. The Kier molecular flexibility index (Phi) is 2.17. The number of nitrogens with two attached hydrogens (primary N) is 1. The van der Waals surface area contributed by atoms with E-state index < -0.39 is 0 Å². The van der Waals surface area contributed by atoms with Crippen LogP contribution in [0, 0.1) is 13.8 Å². The van der Waals surface area contributed by atoms with Crippen molar-refractivity contribution in [1.82, 2.24) is 4.98 Å². The first kappa shape index (κ1) is 10.8. The number of aromatic nitrogens is 1. The molecule has 0 aliphatic carbocycles. The van der Waals surface area contributed by atoms with Crippen molar-refractivity contribution >= 4 is 27.5 Å². The largest absolute Gasteiger partial charge is 0.398 e. The van der Waals surface area contributed by atoms with Crippen molar-refractivity contribution in [1.29, 1.82) is 0 Å². The summed E-state index contributed by atoms with van der Waals surface area (Å²) in [5.41, 5.74) is 10.4. The van der Waals surface area contributed by atoms with Crippen molar-refractivity contribution in [3.05, 3.63) is 51.7 Å². The normalized spacial score (nSPS) is 11.2. The van der Waals surface area contributed by atoms with Gasteiger partial charge in [-0.3, -0.25) is 4.79 Å². The molecule has 0 spiro atoms. The van der Waals surface area contributed by atoms with E-state index in [0.29, 0.717) is 11.1 Å². The Hall–Kier alpha value is -2.29. The number of benzene rings is 2. The predicted molar refractivity (Wildman–Crippen MR) is 76.0 cm³/mol. The van der Waals surface area contributed by atoms with Gasteiger partial charge >= 0.3 is 0 Å². The van der Waals surface area contributed by atoms with E-state index in [1.165, 1.54) is 0 Å². The van der Waals surface area contributed by atoms with E-state index in [0.717, 1.165) is 27.5 Å². The molecule has 0 bridgehead atoms. The second kappa shape index (κ2) is 3.60. The van der Waals surface area contributed by atoms with Gasteiger partial charge in [-0.1, -0.05) is 12.1 Å². The molecular formula is C15H14N2O. The summed E-state index contributed by atoms with van der Waals surface area (Å²) < 4.78 is 0. The molecule has 3 aromatic rings. The fourth-order valence-corrected chi connectivity index (χ4v) is 2.37. The Morgan fingerprint density at radius 2 is 1.72 bits per heavy atom. The van der Waals surface area contributed by atoms with Gasteiger partial charge in [0.2, 0.25) is 0 Å². The highest BCUT2D eigenvalue weighted by Crippen LogP contribution is 2.23. The number of aryl methyl sites for hydroxylation is 2. The first-order chi connectivity index (χ1) is 8.59. The molecule has 0 saturated carbocycles. The van der Waals surface area contributed by atoms with Gasteiger partial charge in [0.05, 0.1) is 11.0 Å². The minimum Gasteiger partial charge on any atom is -0.398 e. The van der Waals surface area contributed by atoms with Crippen molar-refractivity contribution in [2.24, 2.45) is 0 Å². The van der Waals surface area contributed by atoms with E-state index in [1.54, 1.807) is 12.1 Å². The number of para-hydroxylation sites is 1. The Balaban J connectivity index is 2.66. The summed E-state index contributed by atoms with van der Waals surface area (Å²) in [7, 11) is 0. The van der Waals surface area contributed by atoms with Crippen LogP contribution in [-0.4, -0.2) is 4.98 Å². The third-order valence-corrected chi connectivity index (χ3v) is 3.52. The van der Waals surface area contributed by atoms with Crippen molar-refractivity contribution in [3.8, 4) is 0 Å². The Bertz CT molecular complexity index is 831. The number of hydrogen-bond donors (Lipinski definition) is 2. The van der Waals surface area contributed by atoms with Crippen LogP contribution in [0.1, 0.15) is 11.1 Å². The van der Waals surface area contributed by atoms with Gasteiger partial charge in [0.25, 0.3) is 0 Å². The Labute approximate surface area is 104 Å². The van der Waals surface area contributed by atoms with Gasteiger partial charge in [0.1, 0.15) is 0 Å². The molecule has 0 radical (unpaired) electrons. The molecule has 3 nitrogen and oxygen atoms in total. The molecular weight excluding hydrogens is 224 g/mol. The maximum atomic E-state index is 12.4. The summed E-state index contributed by atoms with van der Waals surface area (Å²) in [6.07, 6.45) is 0. The highest BCUT2D eigenvalue weighted by atomic mass is 16.1. The van der Waals surface area contributed by atoms with Crippen LogP contribution >= 0.6 is 0 Å². The highest BCUT2D eigenvalue weighted by Gasteiger charge is 2.09. The minimum atomic E-state index is 0.0607. The van der Waals surface area contributed by atoms with E-state index in [9.17, 15) is 4.79 Å². The summed E-state index contributed by atoms with van der Waals surface area (Å²) in [5, 5.41) is 1.42. The standard InChI is InChI=1S/C15H14N2O/c1-8-4-3-5-10-13(8)17-14-9(2)12(16)7-6-11(14)15(10)18/h3-7H,16H2,1-2H3,(H,17,18). The number of nitrogen functional groups attached to an aromatic ring is 1. The van der Waals surface area contributed by atoms with Gasteiger partial charge in [-0.2, -0.15) is 0 Å². The van der Waals surface area contributed by atoms with E-state index in [-0.39, 0.29) is 5.43 Å². The summed E-state index contributed by atoms with van der Waals surface area (Å²) in [4.78, 5) is 15.8. The smallest absolute Gasteiger partial charge is 0.197 e. The van der Waals surface area contributed by atoms with E-state index in [4.69, 9.17) is 5.73 Å². The van der Waals surface area contributed by atoms with Crippen LogP contribution in [-0.2, 0) is 0 Å². The van der Waals surface area contributed by atoms with Gasteiger partial charge in [-0.05, 0) is 43.2 Å². The lowest BCUT2D eigenvalue weighted by Crippen LogP contribution is -2.06. The molecule has 1 heterocycles. The number of rotatable bonds is 0. The molecule has 18 heavy (non-hydrogen) atoms. The van der Waals surface area contributed by atoms with Crippen LogP contribution in [0.3, 0.4) is 0 Å². The van der Waals surface area contributed by atoms with Crippen molar-refractivity contribution < 1.29 is 0 Å². The number of aromatic amines is 1. The van der Waals surface area contributed by atoms with Crippen LogP contribution in [0.4, 0.5) is 5.69 Å². The number of anilines is 1. The minimum absolute atomic E-state index is 0.0607. The zero-order valence-electron chi connectivity index (χ0n) is 10.4. The van der Waals surface area contributed by atoms with Crippen molar-refractivity contribution in [3.63, 3.8) is 0 Å². The number of pyridine rings is 1. The predicted octanol–water partition coefficient (Wildman–Crippen LogP) is 2.88. The molecule has 0 amide bonds. The first-order valence-electron chi connectivity index (χ1n) is 5.90. The zero-order chi connectivity index (χ0) is 12.9. The van der Waals surface area contributed by atoms with Gasteiger partial charge in [-0.25, -0.2) is 0 Å². The van der Waals surface area contributed by atoms with Gasteiger partial charge in [0, 0.05) is 16.5 Å². The lowest BCUT2D eigenvalue weighted by Gasteiger charge is -2.09. The fraction of sp³-hybridized carbons (Fsp3) is 0.133. The van der Waals surface area contributed by atoms with Crippen LogP contribution < -0.4 is 11.2 Å². The third kappa shape index (κ3) is 1.34. The zero-order valence-corrected chi connectivity index (χ0v) is 10.4. The van der Waals surface area contributed by atoms with Gasteiger partial charge in [-0.15, -0.1) is 0 Å². The Morgan fingerprint density at radius 1 is 1.00 bits per heavy atom. The first-order valence-corrected chi connectivity index (χ1v) is 5.90. The van der Waals surface area contributed by atoms with E-state index in [2.05, 4.69) is 4.98 Å². The summed E-state index contributed by atoms with van der Waals surface area (Å²) >= 11 is 0. The number of fused-ring (bicyclic) bond motifs is 2. The van der Waals surface area contributed by atoms with E-state index in [1.807, 2.05) is 32.0 Å². The SMILES string of the molecule is Cc1cccc2c(=O)c3ccc(N)c(C)c3[nH]c12. The molecule has 0 atom stereocenters. The molecule has 3 rings (SSSR count). The molecule has 0 aliphatic rings. The lowest BCUT2D eigenvalue weighted by atomic mass is 10.0. The maximum Gasteiger partial charge on any atom is 0.197 e. The van der Waals surface area contributed by atoms with Crippen LogP contribution in [0.15, 0.2) is 35.1 Å². The average molecular weight is 238 g/mol. The summed E-state index contributed by atoms with van der Waals surface area (Å²) in [6.45, 7) is 3.92. The quantitative estimate of drug-likeness (QED) is 0.467. The second-order valence-corrected chi connectivity index (χ2v) is 4.65. The number of hydrogen-bond acceptors (Lipinski definition) is 2. The number of H-pyrrole nitrogens is 1. The molecule has 2 aromatic carbocycles. The monoisotopic (exact) mass is 238 g/mol. The molecule has 1 aromatic heterocycles. The average Bonchev–Trinajstić information content (AvgIpc) is 2.36. The summed E-state index contributed by atoms with van der Waals surface area (Å²) in [5.74, 6) is 0. The van der Waals surface area contributed by atoms with Gasteiger partial charge < -0.3 is 10.7 Å². The highest BCUT2D eigenvalue weighted by molar-refractivity contribution is 5.96. The van der Waals surface area contributed by atoms with Crippen LogP contribution in [0.2, 0.25) is 0 Å². The molecule has 3 heteroatoms. The van der Waals surface area contributed by atoms with Crippen LogP contribution in [0.25, 0.3) is 21.8 Å². The van der Waals surface area contributed by atoms with Gasteiger partial charge in [0.15, 0.2) is 5.43 Å². The number of nitrogens with one attached hydrogen (secondary N) is 1. The maximum absolute atomic E-state index is 12.4. The molecule has 0 fully saturated rings. The van der Waals surface area contributed by atoms with E-state index >= 15 is 0 Å². The fourth-order valence-electron chi connectivity index (χ4n) is 2.37. The van der Waals surface area contributed by atoms with Crippen molar-refractivity contribution in [2.75, 3.05) is 5.73 Å². The molecule has 0 saturated heterocycles. The summed E-state index contributed by atoms with van der Waals surface area (Å²) in [6, 6.07) is 9.33. The van der Waals surface area contributed by atoms with Crippen molar-refractivity contribution in [2.45, 2.75) is 13.8 Å². The molecule has 0 aliphatic heterocycles. The topological polar surface area (TPSA) is 58.9 Å². The van der Waals surface area contributed by atoms with Crippen LogP contribution in [0.5, 0.6) is 0 Å². The molecule has 90 valence electrons. The second-order valence-electron chi connectivity index (χ2n) is 4.65. The lowest BCUT2D eigenvalue weighted by molar-refractivity contribution is 1.38.